The summed E-state index contributed by atoms with van der Waals surface area (Å²) in [7, 11) is 0. The van der Waals surface area contributed by atoms with E-state index in [0.717, 1.165) is 22.8 Å². The lowest BCUT2D eigenvalue weighted by Gasteiger charge is -2.03. The number of halogens is 1. The van der Waals surface area contributed by atoms with E-state index in [1.807, 2.05) is 12.1 Å². The highest BCUT2D eigenvalue weighted by Gasteiger charge is 2.24. The van der Waals surface area contributed by atoms with Gasteiger partial charge in [0.25, 0.3) is 0 Å². The number of nitrogens with zero attached hydrogens (tertiary/aromatic N) is 3. The molecule has 1 aliphatic rings. The molecule has 0 bridgehead atoms. The van der Waals surface area contributed by atoms with Crippen LogP contribution in [0.3, 0.4) is 0 Å². The topological polar surface area (TPSA) is 68.0 Å². The third-order valence-corrected chi connectivity index (χ3v) is 5.07. The number of carboxylic acid groups (broad SMARTS) is 1. The lowest BCUT2D eigenvalue weighted by Crippen LogP contribution is -2.01. The van der Waals surface area contributed by atoms with Crippen molar-refractivity contribution in [3.63, 3.8) is 0 Å². The fourth-order valence-electron chi connectivity index (χ4n) is 3.49. The fraction of sp³-hybridized carbons (Fsp3) is 0.136. The molecule has 0 aliphatic heterocycles. The highest BCUT2D eigenvalue weighted by molar-refractivity contribution is 5.99. The zero-order valence-electron chi connectivity index (χ0n) is 14.8. The van der Waals surface area contributed by atoms with Crippen LogP contribution in [0.1, 0.15) is 34.7 Å². The van der Waals surface area contributed by atoms with E-state index in [1.54, 1.807) is 22.9 Å². The van der Waals surface area contributed by atoms with Crippen molar-refractivity contribution < 1.29 is 14.3 Å². The van der Waals surface area contributed by atoms with Gasteiger partial charge in [-0.3, -0.25) is 0 Å². The quantitative estimate of drug-likeness (QED) is 0.558. The first-order valence-corrected chi connectivity index (χ1v) is 9.08. The summed E-state index contributed by atoms with van der Waals surface area (Å²) in [5.41, 5.74) is 3.79. The molecule has 0 atom stereocenters. The van der Waals surface area contributed by atoms with Crippen molar-refractivity contribution in [1.82, 2.24) is 14.8 Å². The summed E-state index contributed by atoms with van der Waals surface area (Å²) in [6.45, 7) is 0. The van der Waals surface area contributed by atoms with Crippen molar-refractivity contribution in [2.24, 2.45) is 0 Å². The minimum atomic E-state index is -1.01. The molecule has 138 valence electrons. The second kappa shape index (κ2) is 6.27. The van der Waals surface area contributed by atoms with Crippen LogP contribution in [0.4, 0.5) is 4.39 Å². The first kappa shape index (κ1) is 16.6. The molecule has 1 N–H and O–H groups in total. The highest BCUT2D eigenvalue weighted by Crippen LogP contribution is 2.41. The number of hydrogen-bond acceptors (Lipinski definition) is 3. The van der Waals surface area contributed by atoms with Crippen molar-refractivity contribution in [3.05, 3.63) is 77.7 Å². The third kappa shape index (κ3) is 2.83. The first-order valence-electron chi connectivity index (χ1n) is 9.08. The molecular formula is C22H16FN3O2. The van der Waals surface area contributed by atoms with Gasteiger partial charge in [0.15, 0.2) is 5.82 Å². The molecule has 4 aromatic rings. The van der Waals surface area contributed by atoms with E-state index in [0.29, 0.717) is 17.3 Å². The van der Waals surface area contributed by atoms with Crippen LogP contribution in [0.25, 0.3) is 28.0 Å². The molecule has 0 saturated heterocycles. The molecule has 1 saturated carbocycles. The average molecular weight is 373 g/mol. The maximum absolute atomic E-state index is 13.3. The Balaban J connectivity index is 1.74. The molecule has 1 fully saturated rings. The van der Waals surface area contributed by atoms with Gasteiger partial charge in [0, 0.05) is 10.9 Å². The SMILES string of the molecule is O=C(O)c1ccc2c(-c3cccc(C4CC4)c3)nn(-c3ccc(F)cn3)c2c1. The first-order chi connectivity index (χ1) is 13.6. The Kier molecular flexibility index (Phi) is 3.72. The van der Waals surface area contributed by atoms with Gasteiger partial charge in [-0.25, -0.2) is 18.9 Å². The van der Waals surface area contributed by atoms with Crippen LogP contribution in [0, 0.1) is 5.82 Å². The fourth-order valence-corrected chi connectivity index (χ4v) is 3.49. The molecule has 0 spiro atoms. The Bertz CT molecular complexity index is 1210. The third-order valence-electron chi connectivity index (χ3n) is 5.07. The number of aromatic carboxylic acids is 1. The number of fused-ring (bicyclic) bond motifs is 1. The average Bonchev–Trinajstić information content (AvgIpc) is 3.49. The van der Waals surface area contributed by atoms with Gasteiger partial charge in [-0.1, -0.05) is 18.2 Å². The molecule has 0 unspecified atom stereocenters. The lowest BCUT2D eigenvalue weighted by molar-refractivity contribution is 0.0697. The van der Waals surface area contributed by atoms with Gasteiger partial charge in [0.05, 0.1) is 17.3 Å². The van der Waals surface area contributed by atoms with Crippen LogP contribution < -0.4 is 0 Å². The van der Waals surface area contributed by atoms with Crippen LogP contribution in [0.2, 0.25) is 0 Å². The number of carboxylic acids is 1. The number of hydrogen-bond donors (Lipinski definition) is 1. The molecule has 28 heavy (non-hydrogen) atoms. The zero-order chi connectivity index (χ0) is 19.3. The van der Waals surface area contributed by atoms with Gasteiger partial charge in [-0.15, -0.1) is 0 Å². The molecule has 2 aromatic carbocycles. The Morgan fingerprint density at radius 3 is 2.68 bits per heavy atom. The van der Waals surface area contributed by atoms with E-state index in [4.69, 9.17) is 5.10 Å². The smallest absolute Gasteiger partial charge is 0.335 e. The maximum atomic E-state index is 13.3. The lowest BCUT2D eigenvalue weighted by atomic mass is 10.0. The monoisotopic (exact) mass is 373 g/mol. The molecule has 0 radical (unpaired) electrons. The highest BCUT2D eigenvalue weighted by atomic mass is 19.1. The second-order valence-corrected chi connectivity index (χ2v) is 7.03. The van der Waals surface area contributed by atoms with Crippen LogP contribution in [-0.2, 0) is 0 Å². The number of rotatable bonds is 4. The van der Waals surface area contributed by atoms with Gasteiger partial charge in [0.2, 0.25) is 0 Å². The molecule has 2 heterocycles. The van der Waals surface area contributed by atoms with Gasteiger partial charge < -0.3 is 5.11 Å². The number of carbonyl (C=O) groups is 1. The van der Waals surface area contributed by atoms with E-state index in [2.05, 4.69) is 17.1 Å². The predicted octanol–water partition coefficient (Wildman–Crippen LogP) is 4.80. The van der Waals surface area contributed by atoms with E-state index < -0.39 is 11.8 Å². The molecule has 2 aromatic heterocycles. The van der Waals surface area contributed by atoms with Gasteiger partial charge in [-0.05, 0) is 60.7 Å². The maximum Gasteiger partial charge on any atom is 0.335 e. The van der Waals surface area contributed by atoms with Crippen molar-refractivity contribution in [2.45, 2.75) is 18.8 Å². The van der Waals surface area contributed by atoms with Crippen LogP contribution >= 0.6 is 0 Å². The molecule has 6 heteroatoms. The Labute approximate surface area is 160 Å². The van der Waals surface area contributed by atoms with E-state index in [1.165, 1.54) is 30.5 Å². The Morgan fingerprint density at radius 1 is 1.11 bits per heavy atom. The normalized spacial score (nSPS) is 13.8. The van der Waals surface area contributed by atoms with E-state index >= 15 is 0 Å². The van der Waals surface area contributed by atoms with Crippen LogP contribution in [0.5, 0.6) is 0 Å². The Hall–Kier alpha value is -3.54. The molecule has 5 rings (SSSR count). The van der Waals surface area contributed by atoms with Crippen molar-refractivity contribution in [3.8, 4) is 17.1 Å². The predicted molar refractivity (Wildman–Crippen MR) is 103 cm³/mol. The van der Waals surface area contributed by atoms with Crippen molar-refractivity contribution in [2.75, 3.05) is 0 Å². The molecule has 5 nitrogen and oxygen atoms in total. The second-order valence-electron chi connectivity index (χ2n) is 7.03. The van der Waals surface area contributed by atoms with Gasteiger partial charge in [-0.2, -0.15) is 5.10 Å². The van der Waals surface area contributed by atoms with Crippen LogP contribution in [0.15, 0.2) is 60.8 Å². The largest absolute Gasteiger partial charge is 0.478 e. The molecular weight excluding hydrogens is 357 g/mol. The summed E-state index contributed by atoms with van der Waals surface area (Å²) in [6, 6.07) is 16.1. The summed E-state index contributed by atoms with van der Waals surface area (Å²) in [5, 5.41) is 14.9. The van der Waals surface area contributed by atoms with Crippen LogP contribution in [-0.4, -0.2) is 25.8 Å². The standard InChI is InChI=1S/C22H16FN3O2/c23-17-7-9-20(24-12-17)26-19-11-16(22(27)28)6-8-18(19)21(25-26)15-3-1-2-14(10-15)13-4-5-13/h1-3,6-13H,4-5H2,(H,27,28). The number of benzene rings is 2. The minimum Gasteiger partial charge on any atom is -0.478 e. The molecule has 1 aliphatic carbocycles. The number of aromatic nitrogens is 3. The van der Waals surface area contributed by atoms with E-state index in [9.17, 15) is 14.3 Å². The summed E-state index contributed by atoms with van der Waals surface area (Å²) in [5.74, 6) is -0.410. The summed E-state index contributed by atoms with van der Waals surface area (Å²) >= 11 is 0. The minimum absolute atomic E-state index is 0.161. The summed E-state index contributed by atoms with van der Waals surface area (Å²) in [6.07, 6.45) is 3.54. The van der Waals surface area contributed by atoms with Gasteiger partial charge >= 0.3 is 5.97 Å². The summed E-state index contributed by atoms with van der Waals surface area (Å²) in [4.78, 5) is 15.6. The van der Waals surface area contributed by atoms with Crippen molar-refractivity contribution in [1.29, 1.82) is 0 Å². The zero-order valence-corrected chi connectivity index (χ0v) is 14.8. The molecule has 0 amide bonds. The Morgan fingerprint density at radius 2 is 1.96 bits per heavy atom. The van der Waals surface area contributed by atoms with E-state index in [-0.39, 0.29) is 5.56 Å². The number of pyridine rings is 1. The summed E-state index contributed by atoms with van der Waals surface area (Å²) < 4.78 is 14.9. The van der Waals surface area contributed by atoms with Gasteiger partial charge in [0.1, 0.15) is 11.5 Å². The van der Waals surface area contributed by atoms with Crippen molar-refractivity contribution >= 4 is 16.9 Å².